The van der Waals surface area contributed by atoms with E-state index < -0.39 is 0 Å². The van der Waals surface area contributed by atoms with E-state index in [0.717, 1.165) is 77.4 Å². The lowest BCUT2D eigenvalue weighted by Crippen LogP contribution is -2.49. The minimum absolute atomic E-state index is 0.478. The molecule has 2 saturated heterocycles. The van der Waals surface area contributed by atoms with Crippen molar-refractivity contribution in [1.29, 1.82) is 0 Å². The maximum atomic E-state index is 4.48. The summed E-state index contributed by atoms with van der Waals surface area (Å²) in [5, 5.41) is 0. The van der Waals surface area contributed by atoms with E-state index in [-0.39, 0.29) is 0 Å². The van der Waals surface area contributed by atoms with Crippen LogP contribution < -0.4 is 9.80 Å². The number of fused-ring (bicyclic) bond motifs is 2. The third-order valence-electron chi connectivity index (χ3n) is 12.8. The third kappa shape index (κ3) is 7.82. The van der Waals surface area contributed by atoms with Crippen molar-refractivity contribution in [2.75, 3.05) is 55.6 Å². The summed E-state index contributed by atoms with van der Waals surface area (Å²) < 4.78 is 0. The Morgan fingerprint density at radius 2 is 1.44 bits per heavy atom. The van der Waals surface area contributed by atoms with E-state index in [9.17, 15) is 0 Å². The Kier molecular flexibility index (Phi) is 10.8. The molecule has 0 spiro atoms. The predicted molar refractivity (Wildman–Crippen MR) is 231 cm³/mol. The van der Waals surface area contributed by atoms with Gasteiger partial charge in [-0.2, -0.15) is 0 Å². The maximum absolute atomic E-state index is 4.48. The summed E-state index contributed by atoms with van der Waals surface area (Å²) in [5.41, 5.74) is 17.8. The topological polar surface area (TPSA) is 13.0 Å². The third-order valence-corrected chi connectivity index (χ3v) is 12.8. The van der Waals surface area contributed by atoms with Crippen LogP contribution in [-0.4, -0.2) is 61.7 Å². The van der Waals surface area contributed by atoms with Gasteiger partial charge in [0.1, 0.15) is 0 Å². The SMILES string of the molecule is C=C(C)CCC(C)N1Cc2cc(N3CCN(CC4CCN(c5ccc(C6=C(c7ccccc7)CCCc7cc(C)ccc76)cc5)CC4)CC3)ccc2C1=C. The molecule has 280 valence electrons. The average molecular weight is 717 g/mol. The zero-order valence-corrected chi connectivity index (χ0v) is 33.1. The van der Waals surface area contributed by atoms with E-state index in [1.54, 1.807) is 0 Å². The van der Waals surface area contributed by atoms with Crippen molar-refractivity contribution in [2.24, 2.45) is 5.92 Å². The largest absolute Gasteiger partial charge is 0.372 e. The zero-order chi connectivity index (χ0) is 37.2. The molecule has 3 aliphatic heterocycles. The lowest BCUT2D eigenvalue weighted by Gasteiger charge is -2.40. The van der Waals surface area contributed by atoms with Crippen LogP contribution in [0.4, 0.5) is 11.4 Å². The van der Waals surface area contributed by atoms with Crippen molar-refractivity contribution in [3.63, 3.8) is 0 Å². The average Bonchev–Trinajstić information content (AvgIpc) is 3.41. The fourth-order valence-corrected chi connectivity index (χ4v) is 9.60. The van der Waals surface area contributed by atoms with Gasteiger partial charge in [-0.1, -0.05) is 84.4 Å². The number of piperazine rings is 1. The highest BCUT2D eigenvalue weighted by Crippen LogP contribution is 2.41. The molecule has 4 aliphatic rings. The molecule has 4 nitrogen and oxygen atoms in total. The fraction of sp³-hybridized carbons (Fsp3) is 0.400. The Bertz CT molecular complexity index is 1990. The molecule has 3 heterocycles. The van der Waals surface area contributed by atoms with Crippen LogP contribution in [0.2, 0.25) is 0 Å². The highest BCUT2D eigenvalue weighted by Gasteiger charge is 2.29. The van der Waals surface area contributed by atoms with Crippen molar-refractivity contribution in [3.8, 4) is 0 Å². The first-order valence-electron chi connectivity index (χ1n) is 20.7. The first-order chi connectivity index (χ1) is 26.3. The minimum Gasteiger partial charge on any atom is -0.372 e. The molecule has 0 saturated carbocycles. The summed E-state index contributed by atoms with van der Waals surface area (Å²) in [6.07, 6.45) is 8.19. The quantitative estimate of drug-likeness (QED) is 0.152. The number of benzene rings is 4. The summed E-state index contributed by atoms with van der Waals surface area (Å²) in [7, 11) is 0. The number of nitrogens with zero attached hydrogens (tertiary/aromatic N) is 4. The Morgan fingerprint density at radius 3 is 2.19 bits per heavy atom. The van der Waals surface area contributed by atoms with Crippen LogP contribution in [0.5, 0.6) is 0 Å². The molecule has 0 aromatic heterocycles. The van der Waals surface area contributed by atoms with Gasteiger partial charge in [0.2, 0.25) is 0 Å². The van der Waals surface area contributed by atoms with E-state index in [0.29, 0.717) is 6.04 Å². The number of anilines is 2. The van der Waals surface area contributed by atoms with Crippen LogP contribution in [0.25, 0.3) is 16.8 Å². The van der Waals surface area contributed by atoms with Gasteiger partial charge in [-0.05, 0) is 135 Å². The van der Waals surface area contributed by atoms with Gasteiger partial charge in [-0.25, -0.2) is 0 Å². The molecule has 0 amide bonds. The second-order valence-corrected chi connectivity index (χ2v) is 16.8. The first kappa shape index (κ1) is 36.4. The molecule has 4 heteroatoms. The Hall–Kier alpha value is -4.54. The molecule has 1 atom stereocenters. The monoisotopic (exact) mass is 716 g/mol. The van der Waals surface area contributed by atoms with Gasteiger partial charge in [-0.3, -0.25) is 4.90 Å². The van der Waals surface area contributed by atoms with Crippen LogP contribution in [0.3, 0.4) is 0 Å². The highest BCUT2D eigenvalue weighted by atomic mass is 15.3. The summed E-state index contributed by atoms with van der Waals surface area (Å²) in [6, 6.07) is 35.3. The second-order valence-electron chi connectivity index (χ2n) is 16.8. The van der Waals surface area contributed by atoms with E-state index in [4.69, 9.17) is 0 Å². The van der Waals surface area contributed by atoms with Crippen LogP contribution in [-0.2, 0) is 13.0 Å². The zero-order valence-electron chi connectivity index (χ0n) is 33.1. The van der Waals surface area contributed by atoms with E-state index in [1.165, 1.54) is 98.5 Å². The van der Waals surface area contributed by atoms with Crippen molar-refractivity contribution < 1.29 is 0 Å². The molecule has 1 unspecified atom stereocenters. The summed E-state index contributed by atoms with van der Waals surface area (Å²) in [6.45, 7) is 24.3. The lowest BCUT2D eigenvalue weighted by molar-refractivity contribution is 0.201. The van der Waals surface area contributed by atoms with Gasteiger partial charge in [0.15, 0.2) is 0 Å². The van der Waals surface area contributed by atoms with Crippen molar-refractivity contribution in [2.45, 2.75) is 78.3 Å². The molecule has 2 fully saturated rings. The standard InChI is InChI=1S/C50H60N4/c1-36(2)14-16-38(4)54-35-44-33-46(21-23-47(44)39(54)5)53-30-28-51(29-31-53)34-40-24-26-52(27-25-40)45-19-17-42(18-20-45)50-48(41-10-7-6-8-11-41)13-9-12-43-32-37(3)15-22-49(43)50/h6-8,10-11,15,17-23,32-33,38,40H,1,5,9,12-14,16,24-31,34-35H2,2-4H3. The minimum atomic E-state index is 0.478. The lowest BCUT2D eigenvalue weighted by atomic mass is 9.87. The van der Waals surface area contributed by atoms with Crippen molar-refractivity contribution >= 4 is 28.2 Å². The number of aryl methyl sites for hydroxylation is 2. The van der Waals surface area contributed by atoms with E-state index >= 15 is 0 Å². The van der Waals surface area contributed by atoms with Crippen LogP contribution in [0, 0.1) is 12.8 Å². The molecule has 4 aromatic carbocycles. The molecule has 0 bridgehead atoms. The van der Waals surface area contributed by atoms with Gasteiger partial charge in [0, 0.05) is 81.0 Å². The molecular formula is C50H60N4. The Labute approximate surface area is 325 Å². The highest BCUT2D eigenvalue weighted by molar-refractivity contribution is 6.00. The first-order valence-corrected chi connectivity index (χ1v) is 20.7. The predicted octanol–water partition coefficient (Wildman–Crippen LogP) is 10.9. The number of piperidine rings is 1. The van der Waals surface area contributed by atoms with Crippen molar-refractivity contribution in [3.05, 3.63) is 149 Å². The number of hydrogen-bond acceptors (Lipinski definition) is 4. The van der Waals surface area contributed by atoms with Gasteiger partial charge in [0.05, 0.1) is 0 Å². The van der Waals surface area contributed by atoms with E-state index in [1.807, 2.05) is 0 Å². The molecule has 0 N–H and O–H groups in total. The van der Waals surface area contributed by atoms with Gasteiger partial charge in [-0.15, -0.1) is 6.58 Å². The van der Waals surface area contributed by atoms with Crippen LogP contribution >= 0.6 is 0 Å². The van der Waals surface area contributed by atoms with E-state index in [2.05, 4.69) is 145 Å². The normalized spacial score (nSPS) is 18.8. The second kappa shape index (κ2) is 16.1. The Balaban J connectivity index is 0.857. The molecule has 8 rings (SSSR count). The summed E-state index contributed by atoms with van der Waals surface area (Å²) >= 11 is 0. The van der Waals surface area contributed by atoms with Crippen molar-refractivity contribution in [1.82, 2.24) is 9.80 Å². The van der Waals surface area contributed by atoms with Gasteiger partial charge >= 0.3 is 0 Å². The Morgan fingerprint density at radius 1 is 0.741 bits per heavy atom. The number of hydrogen-bond donors (Lipinski definition) is 0. The molecule has 1 aliphatic carbocycles. The summed E-state index contributed by atoms with van der Waals surface area (Å²) in [4.78, 5) is 10.5. The maximum Gasteiger partial charge on any atom is 0.0439 e. The number of rotatable bonds is 10. The molecule has 0 radical (unpaired) electrons. The van der Waals surface area contributed by atoms with Gasteiger partial charge < -0.3 is 14.7 Å². The van der Waals surface area contributed by atoms with Gasteiger partial charge in [0.25, 0.3) is 0 Å². The smallest absolute Gasteiger partial charge is 0.0439 e. The summed E-state index contributed by atoms with van der Waals surface area (Å²) in [5.74, 6) is 0.778. The molecule has 54 heavy (non-hydrogen) atoms. The molecular weight excluding hydrogens is 657 g/mol. The molecule has 4 aromatic rings. The van der Waals surface area contributed by atoms with Crippen LogP contribution in [0.1, 0.15) is 91.3 Å². The van der Waals surface area contributed by atoms with Crippen LogP contribution in [0.15, 0.2) is 110 Å². The number of allylic oxidation sites excluding steroid dienone is 2. The fourth-order valence-electron chi connectivity index (χ4n) is 9.60.